The Bertz CT molecular complexity index is 621. The lowest BCUT2D eigenvalue weighted by Crippen LogP contribution is -2.23. The molecule has 92 valence electrons. The fraction of sp³-hybridized carbons (Fsp3) is 0.200. The minimum Gasteiger partial charge on any atom is -0.626 e. The van der Waals surface area contributed by atoms with Crippen molar-refractivity contribution in [3.05, 3.63) is 65.7 Å². The van der Waals surface area contributed by atoms with E-state index in [1.54, 1.807) is 0 Å². The first-order valence-corrected chi connectivity index (χ1v) is 7.64. The molecule has 0 bridgehead atoms. The van der Waals surface area contributed by atoms with E-state index in [1.807, 2.05) is 49.4 Å². The molecule has 0 radical (unpaired) electrons. The molecule has 2 atom stereocenters. The molecule has 2 aromatic rings. The molecule has 0 saturated carbocycles. The van der Waals surface area contributed by atoms with E-state index >= 15 is 0 Å². The van der Waals surface area contributed by atoms with Crippen LogP contribution in [-0.4, -0.2) is 4.55 Å². The van der Waals surface area contributed by atoms with Crippen LogP contribution in [0, 0.1) is 0 Å². The van der Waals surface area contributed by atoms with Crippen molar-refractivity contribution in [3.8, 4) is 0 Å². The van der Waals surface area contributed by atoms with E-state index in [4.69, 9.17) is 0 Å². The average molecular weight is 257 g/mol. The van der Waals surface area contributed by atoms with Crippen LogP contribution >= 0.6 is 0 Å². The van der Waals surface area contributed by atoms with Crippen molar-refractivity contribution in [1.82, 2.24) is 0 Å². The number of fused-ring (bicyclic) bond motifs is 1. The average Bonchev–Trinajstić information content (AvgIpc) is 2.44. The summed E-state index contributed by atoms with van der Waals surface area (Å²) in [5, 5.41) is -0.0511. The van der Waals surface area contributed by atoms with E-state index in [2.05, 4.69) is 16.5 Å². The summed E-state index contributed by atoms with van der Waals surface area (Å²) in [6.45, 7) is 2.56. The number of nitrogens with zero attached hydrogens (tertiary/aromatic N) is 1. The Morgan fingerprint density at radius 3 is 2.50 bits per heavy atom. The summed E-state index contributed by atoms with van der Waals surface area (Å²) in [4.78, 5) is 0.840. The van der Waals surface area contributed by atoms with Crippen molar-refractivity contribution >= 4 is 10.1 Å². The van der Waals surface area contributed by atoms with Gasteiger partial charge in [-0.2, -0.15) is 0 Å². The molecule has 18 heavy (non-hydrogen) atoms. The van der Waals surface area contributed by atoms with Crippen LogP contribution in [0.4, 0.5) is 0 Å². The molecule has 0 saturated heterocycles. The van der Waals surface area contributed by atoms with Gasteiger partial charge < -0.3 is 4.55 Å². The first-order valence-electron chi connectivity index (χ1n) is 6.06. The highest BCUT2D eigenvalue weighted by atomic mass is 32.3. The zero-order valence-corrected chi connectivity index (χ0v) is 11.1. The molecule has 0 amide bonds. The number of benzene rings is 2. The molecule has 2 aromatic carbocycles. The van der Waals surface area contributed by atoms with Gasteiger partial charge in [-0.3, -0.25) is 0 Å². The third kappa shape index (κ3) is 1.71. The molecule has 1 aliphatic heterocycles. The molecule has 0 aliphatic carbocycles. The lowest BCUT2D eigenvalue weighted by Gasteiger charge is -2.32. The summed E-state index contributed by atoms with van der Waals surface area (Å²) in [6.07, 6.45) is 0. The number of rotatable bonds is 1. The van der Waals surface area contributed by atoms with Crippen LogP contribution in [0.25, 0.3) is 0 Å². The maximum absolute atomic E-state index is 13.1. The van der Waals surface area contributed by atoms with E-state index in [0.717, 1.165) is 4.90 Å². The van der Waals surface area contributed by atoms with Crippen molar-refractivity contribution < 1.29 is 4.55 Å². The maximum Gasteiger partial charge on any atom is 0.136 e. The monoisotopic (exact) mass is 257 g/mol. The van der Waals surface area contributed by atoms with E-state index in [-0.39, 0.29) is 5.25 Å². The highest BCUT2D eigenvalue weighted by molar-refractivity contribution is 8.00. The van der Waals surface area contributed by atoms with Gasteiger partial charge in [-0.05, 0) is 34.7 Å². The minimum absolute atomic E-state index is 0.0511. The largest absolute Gasteiger partial charge is 0.626 e. The van der Waals surface area contributed by atoms with Gasteiger partial charge >= 0.3 is 0 Å². The van der Waals surface area contributed by atoms with Gasteiger partial charge in [-0.1, -0.05) is 42.5 Å². The highest BCUT2D eigenvalue weighted by Gasteiger charge is 2.32. The normalized spacial score (nSPS) is 26.2. The highest BCUT2D eigenvalue weighted by Crippen LogP contribution is 2.40. The van der Waals surface area contributed by atoms with Gasteiger partial charge in [0.2, 0.25) is 0 Å². The smallest absolute Gasteiger partial charge is 0.136 e. The second kappa shape index (κ2) is 4.34. The minimum atomic E-state index is -2.34. The van der Waals surface area contributed by atoms with Crippen molar-refractivity contribution in [1.29, 1.82) is 0 Å². The maximum atomic E-state index is 13.1. The molecule has 3 rings (SSSR count). The fourth-order valence-electron chi connectivity index (χ4n) is 2.42. The van der Waals surface area contributed by atoms with Gasteiger partial charge in [0.05, 0.1) is 0 Å². The molecule has 3 heteroatoms. The summed E-state index contributed by atoms with van der Waals surface area (Å²) in [6, 6.07) is 17.8. The van der Waals surface area contributed by atoms with E-state index in [9.17, 15) is 4.55 Å². The first kappa shape index (κ1) is 11.6. The van der Waals surface area contributed by atoms with E-state index < -0.39 is 10.1 Å². The molecule has 1 aliphatic rings. The number of hydrogen-bond donors (Lipinski definition) is 0. The molecule has 0 spiro atoms. The number of hydrogen-bond acceptors (Lipinski definition) is 2. The predicted octanol–water partition coefficient (Wildman–Crippen LogP) is 3.79. The Hall–Kier alpha value is -1.45. The van der Waals surface area contributed by atoms with Gasteiger partial charge in [0.1, 0.15) is 16.7 Å². The first-order chi connectivity index (χ1) is 8.72. The van der Waals surface area contributed by atoms with Crippen LogP contribution in [0.1, 0.15) is 23.3 Å². The Kier molecular flexibility index (Phi) is 2.80. The Labute approximate surface area is 109 Å². The standard InChI is InChI=1S/C15H15NOS/c1-12-15-10-6-5-7-13(15)11-16-18(12,17)14-8-3-2-4-9-14/h2-10,12H,11H2,1H3. The summed E-state index contributed by atoms with van der Waals surface area (Å²) in [5.74, 6) is 0. The van der Waals surface area contributed by atoms with Crippen LogP contribution in [0.3, 0.4) is 0 Å². The molecule has 0 aromatic heterocycles. The van der Waals surface area contributed by atoms with Crippen molar-refractivity contribution in [2.75, 3.05) is 0 Å². The second-order valence-corrected chi connectivity index (χ2v) is 7.08. The van der Waals surface area contributed by atoms with Crippen molar-refractivity contribution in [2.45, 2.75) is 23.6 Å². The zero-order chi connectivity index (χ0) is 12.6. The van der Waals surface area contributed by atoms with Crippen LogP contribution in [0.2, 0.25) is 0 Å². The third-order valence-electron chi connectivity index (χ3n) is 3.48. The van der Waals surface area contributed by atoms with Gasteiger partial charge in [-0.25, -0.2) is 0 Å². The molecular formula is C15H15NOS. The Morgan fingerprint density at radius 2 is 1.72 bits per heavy atom. The Morgan fingerprint density at radius 1 is 1.06 bits per heavy atom. The van der Waals surface area contributed by atoms with E-state index in [1.165, 1.54) is 11.1 Å². The molecule has 2 unspecified atom stereocenters. The van der Waals surface area contributed by atoms with E-state index in [0.29, 0.717) is 6.54 Å². The Balaban J connectivity index is 2.14. The topological polar surface area (TPSA) is 35.4 Å². The van der Waals surface area contributed by atoms with Crippen LogP contribution < -0.4 is 0 Å². The predicted molar refractivity (Wildman–Crippen MR) is 73.8 cm³/mol. The van der Waals surface area contributed by atoms with Gasteiger partial charge in [-0.15, -0.1) is 4.36 Å². The molecular weight excluding hydrogens is 242 g/mol. The van der Waals surface area contributed by atoms with Crippen LogP contribution in [0.5, 0.6) is 0 Å². The summed E-state index contributed by atoms with van der Waals surface area (Å²) in [5.41, 5.74) is 2.36. The van der Waals surface area contributed by atoms with Gasteiger partial charge in [0.25, 0.3) is 0 Å². The second-order valence-electron chi connectivity index (χ2n) is 4.51. The quantitative estimate of drug-likeness (QED) is 0.716. The lowest BCUT2D eigenvalue weighted by molar-refractivity contribution is 0.566. The zero-order valence-electron chi connectivity index (χ0n) is 10.2. The van der Waals surface area contributed by atoms with Gasteiger partial charge in [0, 0.05) is 5.56 Å². The summed E-state index contributed by atoms with van der Waals surface area (Å²) in [7, 11) is -2.34. The fourth-order valence-corrected chi connectivity index (χ4v) is 4.65. The third-order valence-corrected chi connectivity index (χ3v) is 6.15. The summed E-state index contributed by atoms with van der Waals surface area (Å²) < 4.78 is 17.6. The van der Waals surface area contributed by atoms with Crippen LogP contribution in [0.15, 0.2) is 63.9 Å². The van der Waals surface area contributed by atoms with Crippen LogP contribution in [-0.2, 0) is 16.7 Å². The van der Waals surface area contributed by atoms with Crippen molar-refractivity contribution in [3.63, 3.8) is 0 Å². The lowest BCUT2D eigenvalue weighted by atomic mass is 10.1. The summed E-state index contributed by atoms with van der Waals surface area (Å²) >= 11 is 0. The van der Waals surface area contributed by atoms with Gasteiger partial charge in [0.15, 0.2) is 0 Å². The van der Waals surface area contributed by atoms with Crippen molar-refractivity contribution in [2.24, 2.45) is 4.36 Å². The molecule has 2 nitrogen and oxygen atoms in total. The SMILES string of the molecule is CC1c2ccccc2CN=[S+]1([O-])c1ccccc1. The molecule has 0 N–H and O–H groups in total. The molecule has 1 heterocycles. The molecule has 0 fully saturated rings.